The molecule has 1 aromatic rings. The van der Waals surface area contributed by atoms with Crippen LogP contribution in [0.25, 0.3) is 6.08 Å². The van der Waals surface area contributed by atoms with Gasteiger partial charge in [0.2, 0.25) is 0 Å². The van der Waals surface area contributed by atoms with Crippen molar-refractivity contribution in [2.24, 2.45) is 0 Å². The van der Waals surface area contributed by atoms with E-state index >= 15 is 0 Å². The van der Waals surface area contributed by atoms with E-state index in [2.05, 4.69) is 20.4 Å². The lowest BCUT2D eigenvalue weighted by atomic mass is 10.1. The van der Waals surface area contributed by atoms with Crippen molar-refractivity contribution in [2.45, 2.75) is 90.9 Å². The Morgan fingerprint density at radius 2 is 1.27 bits per heavy atom. The number of hydrogen-bond acceptors (Lipinski definition) is 2. The quantitative estimate of drug-likeness (QED) is 0.264. The first-order valence-corrected chi connectivity index (χ1v) is 10.8. The smallest absolute Gasteiger partial charge is 0.168 e. The lowest BCUT2D eigenvalue weighted by Crippen LogP contribution is -2.04. The van der Waals surface area contributed by atoms with Gasteiger partial charge in [-0.3, -0.25) is 0 Å². The molecule has 0 radical (unpaired) electrons. The van der Waals surface area contributed by atoms with Gasteiger partial charge in [-0.1, -0.05) is 103 Å². The number of benzene rings is 1. The normalized spacial score (nSPS) is 10.7. The lowest BCUT2D eigenvalue weighted by Gasteiger charge is -2.15. The Balaban J connectivity index is 2.37. The van der Waals surface area contributed by atoms with E-state index in [1.165, 1.54) is 64.2 Å². The monoisotopic (exact) mass is 360 g/mol. The van der Waals surface area contributed by atoms with E-state index < -0.39 is 0 Å². The molecule has 1 aromatic carbocycles. The second kappa shape index (κ2) is 15.8. The van der Waals surface area contributed by atoms with Crippen molar-refractivity contribution in [1.29, 1.82) is 0 Å². The zero-order valence-corrected chi connectivity index (χ0v) is 17.2. The van der Waals surface area contributed by atoms with Crippen molar-refractivity contribution in [1.82, 2.24) is 0 Å². The molecular weight excluding hydrogens is 320 g/mol. The van der Waals surface area contributed by atoms with Crippen LogP contribution in [0.4, 0.5) is 0 Å². The number of ether oxygens (including phenoxy) is 2. The third-order valence-electron chi connectivity index (χ3n) is 4.73. The molecule has 0 aliphatic heterocycles. The third kappa shape index (κ3) is 9.89. The van der Waals surface area contributed by atoms with Crippen LogP contribution in [0.5, 0.6) is 11.5 Å². The van der Waals surface area contributed by atoms with Gasteiger partial charge in [0.15, 0.2) is 11.5 Å². The molecule has 26 heavy (non-hydrogen) atoms. The number of unbranched alkanes of at least 4 members (excludes halogenated alkanes) is 10. The summed E-state index contributed by atoms with van der Waals surface area (Å²) in [6.07, 6.45) is 17.1. The molecule has 0 fully saturated rings. The zero-order valence-electron chi connectivity index (χ0n) is 17.2. The summed E-state index contributed by atoms with van der Waals surface area (Å²) < 4.78 is 12.1. The van der Waals surface area contributed by atoms with E-state index in [-0.39, 0.29) is 0 Å². The van der Waals surface area contributed by atoms with E-state index in [4.69, 9.17) is 9.47 Å². The fourth-order valence-corrected chi connectivity index (χ4v) is 3.08. The van der Waals surface area contributed by atoms with E-state index in [1.54, 1.807) is 0 Å². The first-order chi connectivity index (χ1) is 12.8. The molecule has 0 saturated heterocycles. The van der Waals surface area contributed by atoms with Crippen LogP contribution in [0.15, 0.2) is 24.8 Å². The van der Waals surface area contributed by atoms with Gasteiger partial charge in [-0.15, -0.1) is 0 Å². The van der Waals surface area contributed by atoms with Gasteiger partial charge in [-0.25, -0.2) is 0 Å². The van der Waals surface area contributed by atoms with Gasteiger partial charge < -0.3 is 9.47 Å². The van der Waals surface area contributed by atoms with Gasteiger partial charge >= 0.3 is 0 Å². The van der Waals surface area contributed by atoms with Gasteiger partial charge in [0.25, 0.3) is 0 Å². The minimum Gasteiger partial charge on any atom is -0.490 e. The largest absolute Gasteiger partial charge is 0.490 e. The van der Waals surface area contributed by atoms with Crippen LogP contribution < -0.4 is 9.47 Å². The summed E-state index contributed by atoms with van der Waals surface area (Å²) in [6.45, 7) is 9.94. The number of rotatable bonds is 17. The first-order valence-electron chi connectivity index (χ1n) is 10.8. The van der Waals surface area contributed by atoms with Crippen LogP contribution in [0, 0.1) is 0 Å². The highest BCUT2D eigenvalue weighted by molar-refractivity contribution is 5.61. The van der Waals surface area contributed by atoms with E-state index in [0.717, 1.165) is 43.1 Å². The first kappa shape index (κ1) is 22.6. The SMILES string of the molecule is C=Cc1cccc(OCCCCCCCC)c1OCCCCCCCC. The molecule has 0 unspecified atom stereocenters. The van der Waals surface area contributed by atoms with E-state index in [1.807, 2.05) is 24.3 Å². The molecule has 0 bridgehead atoms. The molecule has 1 rings (SSSR count). The Hall–Kier alpha value is -1.44. The Morgan fingerprint density at radius 1 is 0.731 bits per heavy atom. The Morgan fingerprint density at radius 3 is 1.85 bits per heavy atom. The van der Waals surface area contributed by atoms with Crippen molar-refractivity contribution in [3.05, 3.63) is 30.3 Å². The van der Waals surface area contributed by atoms with E-state index in [9.17, 15) is 0 Å². The minimum atomic E-state index is 0.754. The average Bonchev–Trinajstić information content (AvgIpc) is 2.67. The lowest BCUT2D eigenvalue weighted by molar-refractivity contribution is 0.258. The molecule has 0 aromatic heterocycles. The molecule has 0 spiro atoms. The Kier molecular flexibility index (Phi) is 13.7. The zero-order chi connectivity index (χ0) is 18.9. The maximum atomic E-state index is 6.08. The van der Waals surface area contributed by atoms with Gasteiger partial charge in [-0.05, 0) is 18.9 Å². The second-order valence-electron chi connectivity index (χ2n) is 7.11. The highest BCUT2D eigenvalue weighted by atomic mass is 16.5. The molecule has 0 saturated carbocycles. The van der Waals surface area contributed by atoms with Crippen LogP contribution in [0.3, 0.4) is 0 Å². The summed E-state index contributed by atoms with van der Waals surface area (Å²) in [6, 6.07) is 6.08. The Bertz CT molecular complexity index is 467. The molecule has 0 amide bonds. The van der Waals surface area contributed by atoms with Gasteiger partial charge in [-0.2, -0.15) is 0 Å². The highest BCUT2D eigenvalue weighted by Crippen LogP contribution is 2.32. The molecule has 0 heterocycles. The van der Waals surface area contributed by atoms with Gasteiger partial charge in [0, 0.05) is 5.56 Å². The topological polar surface area (TPSA) is 18.5 Å². The fourth-order valence-electron chi connectivity index (χ4n) is 3.08. The predicted octanol–water partition coefficient (Wildman–Crippen LogP) is 7.81. The standard InChI is InChI=1S/C24H40O2/c1-4-7-9-11-13-15-20-25-23-19-17-18-22(6-3)24(23)26-21-16-14-12-10-8-5-2/h6,17-19H,3-5,7-16,20-21H2,1-2H3. The second-order valence-corrected chi connectivity index (χ2v) is 7.11. The van der Waals surface area contributed by atoms with Gasteiger partial charge in [0.05, 0.1) is 13.2 Å². The average molecular weight is 361 g/mol. The predicted molar refractivity (Wildman–Crippen MR) is 114 cm³/mol. The van der Waals surface area contributed by atoms with Crippen LogP contribution in [0.1, 0.15) is 96.5 Å². The maximum absolute atomic E-state index is 6.08. The molecule has 0 aliphatic carbocycles. The molecule has 148 valence electrons. The summed E-state index contributed by atoms with van der Waals surface area (Å²) in [4.78, 5) is 0. The van der Waals surface area contributed by atoms with Crippen molar-refractivity contribution in [3.63, 3.8) is 0 Å². The molecule has 0 aliphatic rings. The van der Waals surface area contributed by atoms with E-state index in [0.29, 0.717) is 0 Å². The van der Waals surface area contributed by atoms with Crippen molar-refractivity contribution >= 4 is 6.08 Å². The van der Waals surface area contributed by atoms with Crippen molar-refractivity contribution in [3.8, 4) is 11.5 Å². The molecule has 2 heteroatoms. The van der Waals surface area contributed by atoms with Crippen LogP contribution in [-0.4, -0.2) is 13.2 Å². The Labute approximate surface area is 162 Å². The molecule has 0 N–H and O–H groups in total. The van der Waals surface area contributed by atoms with Crippen LogP contribution in [-0.2, 0) is 0 Å². The van der Waals surface area contributed by atoms with Crippen LogP contribution in [0.2, 0.25) is 0 Å². The summed E-state index contributed by atoms with van der Waals surface area (Å²) in [5, 5.41) is 0. The molecular formula is C24H40O2. The number of hydrogen-bond donors (Lipinski definition) is 0. The van der Waals surface area contributed by atoms with Crippen LogP contribution >= 0.6 is 0 Å². The van der Waals surface area contributed by atoms with Crippen molar-refractivity contribution < 1.29 is 9.47 Å². The number of para-hydroxylation sites is 1. The summed E-state index contributed by atoms with van der Waals surface area (Å²) in [7, 11) is 0. The molecule has 2 nitrogen and oxygen atoms in total. The summed E-state index contributed by atoms with van der Waals surface area (Å²) in [5.74, 6) is 1.73. The maximum Gasteiger partial charge on any atom is 0.168 e. The third-order valence-corrected chi connectivity index (χ3v) is 4.73. The fraction of sp³-hybridized carbons (Fsp3) is 0.667. The minimum absolute atomic E-state index is 0.754. The summed E-state index contributed by atoms with van der Waals surface area (Å²) >= 11 is 0. The van der Waals surface area contributed by atoms with Crippen molar-refractivity contribution in [2.75, 3.05) is 13.2 Å². The van der Waals surface area contributed by atoms with Gasteiger partial charge in [0.1, 0.15) is 0 Å². The summed E-state index contributed by atoms with van der Waals surface area (Å²) in [5.41, 5.74) is 1.02. The molecule has 0 atom stereocenters. The highest BCUT2D eigenvalue weighted by Gasteiger charge is 2.09.